The molecule has 23 heavy (non-hydrogen) atoms. The summed E-state index contributed by atoms with van der Waals surface area (Å²) in [6.07, 6.45) is -4.45. The van der Waals surface area contributed by atoms with Gasteiger partial charge in [-0.05, 0) is 35.9 Å². The maximum Gasteiger partial charge on any atom is 0.416 e. The minimum absolute atomic E-state index is 0.110. The van der Waals surface area contributed by atoms with Gasteiger partial charge in [0.25, 0.3) is 0 Å². The Labute approximate surface area is 143 Å². The highest BCUT2D eigenvalue weighted by atomic mass is 79.9. The van der Waals surface area contributed by atoms with Crippen molar-refractivity contribution >= 4 is 39.3 Å². The largest absolute Gasteiger partial charge is 0.416 e. The number of hydrogen-bond donors (Lipinski definition) is 0. The first kappa shape index (κ1) is 16.4. The summed E-state index contributed by atoms with van der Waals surface area (Å²) in [4.78, 5) is 13.6. The number of halogens is 4. The van der Waals surface area contributed by atoms with Gasteiger partial charge in [0.1, 0.15) is 5.37 Å². The lowest BCUT2D eigenvalue weighted by Gasteiger charge is -2.26. The molecule has 2 aromatic carbocycles. The van der Waals surface area contributed by atoms with Crippen LogP contribution in [0.1, 0.15) is 16.5 Å². The minimum Gasteiger partial charge on any atom is -0.295 e. The van der Waals surface area contributed by atoms with Crippen molar-refractivity contribution in [1.82, 2.24) is 0 Å². The second kappa shape index (κ2) is 6.20. The van der Waals surface area contributed by atoms with Crippen molar-refractivity contribution in [3.8, 4) is 0 Å². The Kier molecular flexibility index (Phi) is 4.42. The highest BCUT2D eigenvalue weighted by Crippen LogP contribution is 2.46. The first-order chi connectivity index (χ1) is 10.9. The molecule has 1 unspecified atom stereocenters. The van der Waals surface area contributed by atoms with Crippen molar-refractivity contribution in [2.24, 2.45) is 0 Å². The van der Waals surface area contributed by atoms with E-state index in [0.29, 0.717) is 5.69 Å². The van der Waals surface area contributed by atoms with E-state index in [9.17, 15) is 18.0 Å². The fraction of sp³-hybridized carbons (Fsp3) is 0.188. The summed E-state index contributed by atoms with van der Waals surface area (Å²) in [6.45, 7) is 0. The van der Waals surface area contributed by atoms with Crippen LogP contribution in [0.2, 0.25) is 0 Å². The quantitative estimate of drug-likeness (QED) is 0.684. The SMILES string of the molecule is O=C1CSC(c2ccccc2C(F)(F)F)N1c1ccc(Br)cc1. The molecule has 0 saturated carbocycles. The van der Waals surface area contributed by atoms with E-state index in [1.807, 2.05) is 0 Å². The average Bonchev–Trinajstić information content (AvgIpc) is 2.89. The number of carbonyl (C=O) groups is 1. The lowest BCUT2D eigenvalue weighted by atomic mass is 10.1. The molecular formula is C16H11BrF3NOS. The summed E-state index contributed by atoms with van der Waals surface area (Å²) < 4.78 is 40.6. The molecule has 1 heterocycles. The molecule has 0 aromatic heterocycles. The third-order valence-corrected chi connectivity index (χ3v) is 5.23. The van der Waals surface area contributed by atoms with Crippen LogP contribution < -0.4 is 4.90 Å². The van der Waals surface area contributed by atoms with Crippen LogP contribution in [0.15, 0.2) is 53.0 Å². The summed E-state index contributed by atoms with van der Waals surface area (Å²) in [5, 5.41) is -0.679. The molecule has 1 aliphatic rings. The highest BCUT2D eigenvalue weighted by Gasteiger charge is 2.40. The van der Waals surface area contributed by atoms with Gasteiger partial charge in [0.05, 0.1) is 11.3 Å². The molecule has 1 saturated heterocycles. The van der Waals surface area contributed by atoms with Crippen molar-refractivity contribution in [2.75, 3.05) is 10.7 Å². The van der Waals surface area contributed by atoms with Gasteiger partial charge in [-0.2, -0.15) is 13.2 Å². The summed E-state index contributed by atoms with van der Waals surface area (Å²) in [6, 6.07) is 12.4. The number of thioether (sulfide) groups is 1. The molecular weight excluding hydrogens is 391 g/mol. The van der Waals surface area contributed by atoms with E-state index in [2.05, 4.69) is 15.9 Å². The number of carbonyl (C=O) groups excluding carboxylic acids is 1. The number of anilines is 1. The standard InChI is InChI=1S/C16H11BrF3NOS/c17-10-5-7-11(8-6-10)21-14(22)9-23-15(21)12-3-1-2-4-13(12)16(18,19)20/h1-8,15H,9H2. The summed E-state index contributed by atoms with van der Waals surface area (Å²) in [5.41, 5.74) is -0.00161. The van der Waals surface area contributed by atoms with E-state index in [1.165, 1.54) is 28.8 Å². The number of nitrogens with zero attached hydrogens (tertiary/aromatic N) is 1. The van der Waals surface area contributed by atoms with Crippen LogP contribution in [0.25, 0.3) is 0 Å². The number of rotatable bonds is 2. The smallest absolute Gasteiger partial charge is 0.295 e. The molecule has 0 radical (unpaired) electrons. The van der Waals surface area contributed by atoms with Gasteiger partial charge in [0, 0.05) is 10.2 Å². The first-order valence-corrected chi connectivity index (χ1v) is 8.57. The molecule has 0 aliphatic carbocycles. The van der Waals surface area contributed by atoms with E-state index >= 15 is 0 Å². The molecule has 1 atom stereocenters. The Bertz CT molecular complexity index is 733. The number of alkyl halides is 3. The molecule has 0 N–H and O–H groups in total. The Morgan fingerprint density at radius 2 is 1.74 bits per heavy atom. The fourth-order valence-electron chi connectivity index (χ4n) is 2.51. The summed E-state index contributed by atoms with van der Waals surface area (Å²) in [5.74, 6) is -0.0354. The zero-order chi connectivity index (χ0) is 16.6. The van der Waals surface area contributed by atoms with E-state index < -0.39 is 17.1 Å². The monoisotopic (exact) mass is 401 g/mol. The Hall–Kier alpha value is -1.47. The predicted octanol–water partition coefficient (Wildman–Crippen LogP) is 5.25. The van der Waals surface area contributed by atoms with Gasteiger partial charge < -0.3 is 0 Å². The Morgan fingerprint density at radius 1 is 1.09 bits per heavy atom. The van der Waals surface area contributed by atoms with Gasteiger partial charge >= 0.3 is 6.18 Å². The minimum atomic E-state index is -4.45. The normalized spacial score (nSPS) is 18.5. The molecule has 2 nitrogen and oxygen atoms in total. The van der Waals surface area contributed by atoms with Gasteiger partial charge in [-0.1, -0.05) is 34.1 Å². The second-order valence-corrected chi connectivity index (χ2v) is 6.97. The molecule has 0 spiro atoms. The number of benzene rings is 2. The molecule has 120 valence electrons. The zero-order valence-corrected chi connectivity index (χ0v) is 14.1. The van der Waals surface area contributed by atoms with Crippen LogP contribution in [-0.4, -0.2) is 11.7 Å². The molecule has 1 fully saturated rings. The van der Waals surface area contributed by atoms with Gasteiger partial charge in [0.2, 0.25) is 5.91 Å². The van der Waals surface area contributed by atoms with Crippen molar-refractivity contribution in [2.45, 2.75) is 11.6 Å². The molecule has 1 aliphatic heterocycles. The second-order valence-electron chi connectivity index (χ2n) is 4.99. The van der Waals surface area contributed by atoms with Crippen molar-refractivity contribution in [3.05, 3.63) is 64.1 Å². The maximum atomic E-state index is 13.3. The average molecular weight is 402 g/mol. The van der Waals surface area contributed by atoms with Gasteiger partial charge in [-0.15, -0.1) is 11.8 Å². The van der Waals surface area contributed by atoms with Crippen LogP contribution in [0.3, 0.4) is 0 Å². The molecule has 2 aromatic rings. The van der Waals surface area contributed by atoms with Crippen LogP contribution >= 0.6 is 27.7 Å². The first-order valence-electron chi connectivity index (χ1n) is 6.73. The van der Waals surface area contributed by atoms with Crippen LogP contribution in [0.4, 0.5) is 18.9 Å². The van der Waals surface area contributed by atoms with Crippen LogP contribution in [0.5, 0.6) is 0 Å². The summed E-state index contributed by atoms with van der Waals surface area (Å²) >= 11 is 4.52. The van der Waals surface area contributed by atoms with Gasteiger partial charge in [0.15, 0.2) is 0 Å². The van der Waals surface area contributed by atoms with Crippen LogP contribution in [0, 0.1) is 0 Å². The lowest BCUT2D eigenvalue weighted by molar-refractivity contribution is -0.138. The lowest BCUT2D eigenvalue weighted by Crippen LogP contribution is -2.29. The number of amides is 1. The molecule has 1 amide bonds. The van der Waals surface area contributed by atoms with Gasteiger partial charge in [-0.3, -0.25) is 9.69 Å². The van der Waals surface area contributed by atoms with E-state index in [1.54, 1.807) is 30.3 Å². The van der Waals surface area contributed by atoms with E-state index in [0.717, 1.165) is 10.5 Å². The van der Waals surface area contributed by atoms with Crippen molar-refractivity contribution in [1.29, 1.82) is 0 Å². The maximum absolute atomic E-state index is 13.3. The highest BCUT2D eigenvalue weighted by molar-refractivity contribution is 9.10. The summed E-state index contributed by atoms with van der Waals surface area (Å²) in [7, 11) is 0. The third-order valence-electron chi connectivity index (χ3n) is 3.50. The van der Waals surface area contributed by atoms with E-state index in [4.69, 9.17) is 0 Å². The topological polar surface area (TPSA) is 20.3 Å². The van der Waals surface area contributed by atoms with E-state index in [-0.39, 0.29) is 17.2 Å². The molecule has 7 heteroatoms. The molecule has 3 rings (SSSR count). The van der Waals surface area contributed by atoms with Crippen molar-refractivity contribution in [3.63, 3.8) is 0 Å². The predicted molar refractivity (Wildman–Crippen MR) is 88.3 cm³/mol. The fourth-order valence-corrected chi connectivity index (χ4v) is 3.98. The van der Waals surface area contributed by atoms with Crippen LogP contribution in [-0.2, 0) is 11.0 Å². The van der Waals surface area contributed by atoms with Crippen molar-refractivity contribution < 1.29 is 18.0 Å². The Morgan fingerprint density at radius 3 is 2.39 bits per heavy atom. The zero-order valence-electron chi connectivity index (χ0n) is 11.7. The molecule has 0 bridgehead atoms. The van der Waals surface area contributed by atoms with Gasteiger partial charge in [-0.25, -0.2) is 0 Å². The Balaban J connectivity index is 2.05. The number of hydrogen-bond acceptors (Lipinski definition) is 2. The third kappa shape index (κ3) is 3.26.